The van der Waals surface area contributed by atoms with Gasteiger partial charge in [-0.1, -0.05) is 0 Å². The normalized spacial score (nSPS) is 15.2. The minimum atomic E-state index is 0.527. The molecule has 0 atom stereocenters. The molecule has 16 heavy (non-hydrogen) atoms. The summed E-state index contributed by atoms with van der Waals surface area (Å²) in [6.07, 6.45) is 4.16. The van der Waals surface area contributed by atoms with Gasteiger partial charge in [0.15, 0.2) is 4.34 Å². The van der Waals surface area contributed by atoms with Crippen LogP contribution in [0.4, 0.5) is 5.82 Å². The van der Waals surface area contributed by atoms with Gasteiger partial charge in [-0.15, -0.1) is 11.3 Å². The van der Waals surface area contributed by atoms with Crippen molar-refractivity contribution in [2.45, 2.75) is 28.1 Å². The van der Waals surface area contributed by atoms with Gasteiger partial charge in [-0.25, -0.2) is 15.0 Å². The fourth-order valence-corrected chi connectivity index (χ4v) is 2.97. The standard InChI is InChI=1S/C10H10N4S2/c11-7-5-8(16-10-12-3-4-15-10)14-9(13-7)6-1-2-6/h3-6H,1-2H2,(H2,11,13,14). The van der Waals surface area contributed by atoms with E-state index in [0.29, 0.717) is 11.7 Å². The molecule has 2 heterocycles. The quantitative estimate of drug-likeness (QED) is 0.848. The van der Waals surface area contributed by atoms with E-state index in [1.54, 1.807) is 35.4 Å². The highest BCUT2D eigenvalue weighted by Gasteiger charge is 2.27. The molecule has 2 aromatic heterocycles. The summed E-state index contributed by atoms with van der Waals surface area (Å²) in [7, 11) is 0. The van der Waals surface area contributed by atoms with Crippen LogP contribution in [-0.4, -0.2) is 15.0 Å². The van der Waals surface area contributed by atoms with E-state index in [2.05, 4.69) is 15.0 Å². The van der Waals surface area contributed by atoms with Gasteiger partial charge >= 0.3 is 0 Å². The van der Waals surface area contributed by atoms with Gasteiger partial charge in [-0.2, -0.15) is 0 Å². The summed E-state index contributed by atoms with van der Waals surface area (Å²) in [5.41, 5.74) is 5.77. The predicted octanol–water partition coefficient (Wildman–Crippen LogP) is 2.54. The van der Waals surface area contributed by atoms with Crippen molar-refractivity contribution in [3.8, 4) is 0 Å². The molecule has 2 aromatic rings. The van der Waals surface area contributed by atoms with Gasteiger partial charge in [0.2, 0.25) is 0 Å². The number of rotatable bonds is 3. The van der Waals surface area contributed by atoms with Crippen molar-refractivity contribution in [2.75, 3.05) is 5.73 Å². The smallest absolute Gasteiger partial charge is 0.156 e. The highest BCUT2D eigenvalue weighted by atomic mass is 32.2. The average molecular weight is 250 g/mol. The van der Waals surface area contributed by atoms with Crippen LogP contribution in [-0.2, 0) is 0 Å². The van der Waals surface area contributed by atoms with Crippen molar-refractivity contribution in [2.24, 2.45) is 0 Å². The molecule has 4 nitrogen and oxygen atoms in total. The molecule has 0 unspecified atom stereocenters. The number of nitrogen functional groups attached to an aromatic ring is 1. The first-order valence-electron chi connectivity index (χ1n) is 5.03. The first-order valence-corrected chi connectivity index (χ1v) is 6.72. The zero-order chi connectivity index (χ0) is 11.0. The maximum absolute atomic E-state index is 5.77. The number of hydrogen-bond acceptors (Lipinski definition) is 6. The summed E-state index contributed by atoms with van der Waals surface area (Å²) >= 11 is 3.15. The maximum atomic E-state index is 5.77. The van der Waals surface area contributed by atoms with Crippen molar-refractivity contribution in [3.05, 3.63) is 23.5 Å². The molecule has 0 bridgehead atoms. The molecule has 0 spiro atoms. The fourth-order valence-electron chi connectivity index (χ4n) is 1.39. The lowest BCUT2D eigenvalue weighted by Crippen LogP contribution is -1.99. The molecule has 1 aliphatic rings. The summed E-state index contributed by atoms with van der Waals surface area (Å²) < 4.78 is 0.986. The maximum Gasteiger partial charge on any atom is 0.156 e. The van der Waals surface area contributed by atoms with E-state index in [9.17, 15) is 0 Å². The van der Waals surface area contributed by atoms with Crippen molar-refractivity contribution in [1.29, 1.82) is 0 Å². The number of anilines is 1. The first-order chi connectivity index (χ1) is 7.81. The van der Waals surface area contributed by atoms with Crippen molar-refractivity contribution >= 4 is 28.9 Å². The van der Waals surface area contributed by atoms with Crippen LogP contribution in [0.2, 0.25) is 0 Å². The molecule has 3 rings (SSSR count). The zero-order valence-electron chi connectivity index (χ0n) is 8.46. The second-order valence-electron chi connectivity index (χ2n) is 3.66. The van der Waals surface area contributed by atoms with Crippen LogP contribution in [0.3, 0.4) is 0 Å². The van der Waals surface area contributed by atoms with E-state index in [-0.39, 0.29) is 0 Å². The first kappa shape index (κ1) is 10.0. The summed E-state index contributed by atoms with van der Waals surface area (Å²) in [6, 6.07) is 1.80. The molecule has 6 heteroatoms. The lowest BCUT2D eigenvalue weighted by Gasteiger charge is -2.02. The molecule has 0 amide bonds. The molecule has 2 N–H and O–H groups in total. The monoisotopic (exact) mass is 250 g/mol. The Hall–Kier alpha value is -1.14. The van der Waals surface area contributed by atoms with Gasteiger partial charge in [0.05, 0.1) is 0 Å². The summed E-state index contributed by atoms with van der Waals surface area (Å²) in [4.78, 5) is 13.0. The fraction of sp³-hybridized carbons (Fsp3) is 0.300. The van der Waals surface area contributed by atoms with Gasteiger partial charge < -0.3 is 5.73 Å². The van der Waals surface area contributed by atoms with Crippen LogP contribution < -0.4 is 5.73 Å². The van der Waals surface area contributed by atoms with Gasteiger partial charge in [0.1, 0.15) is 16.7 Å². The molecule has 0 saturated heterocycles. The molecule has 1 saturated carbocycles. The third kappa shape index (κ3) is 2.17. The minimum absolute atomic E-state index is 0.527. The molecular weight excluding hydrogens is 240 g/mol. The number of nitrogens with zero attached hydrogens (tertiary/aromatic N) is 3. The Labute approximate surface area is 101 Å². The van der Waals surface area contributed by atoms with E-state index in [1.807, 2.05) is 5.38 Å². The molecule has 0 radical (unpaired) electrons. The third-order valence-electron chi connectivity index (χ3n) is 2.28. The van der Waals surface area contributed by atoms with Crippen molar-refractivity contribution < 1.29 is 0 Å². The van der Waals surface area contributed by atoms with Crippen LogP contribution in [0.1, 0.15) is 24.6 Å². The van der Waals surface area contributed by atoms with Crippen LogP contribution >= 0.6 is 23.1 Å². The highest BCUT2D eigenvalue weighted by molar-refractivity contribution is 8.01. The highest BCUT2D eigenvalue weighted by Crippen LogP contribution is 2.39. The van der Waals surface area contributed by atoms with Crippen LogP contribution in [0, 0.1) is 0 Å². The van der Waals surface area contributed by atoms with Gasteiger partial charge in [0.25, 0.3) is 0 Å². The number of aromatic nitrogens is 3. The minimum Gasteiger partial charge on any atom is -0.384 e. The topological polar surface area (TPSA) is 64.7 Å². The average Bonchev–Trinajstić information content (AvgIpc) is 2.98. The van der Waals surface area contributed by atoms with E-state index in [4.69, 9.17) is 5.73 Å². The molecular formula is C10H10N4S2. The molecule has 82 valence electrons. The van der Waals surface area contributed by atoms with Gasteiger partial charge in [0, 0.05) is 23.6 Å². The lowest BCUT2D eigenvalue weighted by molar-refractivity contribution is 0.883. The van der Waals surface area contributed by atoms with E-state index in [0.717, 1.165) is 15.2 Å². The summed E-state index contributed by atoms with van der Waals surface area (Å²) in [5, 5.41) is 2.85. The Morgan fingerprint density at radius 3 is 2.94 bits per heavy atom. The van der Waals surface area contributed by atoms with E-state index in [1.165, 1.54) is 12.8 Å². The molecule has 0 aliphatic heterocycles. The van der Waals surface area contributed by atoms with Crippen LogP contribution in [0.5, 0.6) is 0 Å². The summed E-state index contributed by atoms with van der Waals surface area (Å²) in [5.74, 6) is 1.97. The Kier molecular flexibility index (Phi) is 2.53. The number of thiazole rings is 1. The SMILES string of the molecule is Nc1cc(Sc2nccs2)nc(C2CC2)n1. The number of hydrogen-bond donors (Lipinski definition) is 1. The lowest BCUT2D eigenvalue weighted by atomic mass is 10.4. The van der Waals surface area contributed by atoms with Crippen LogP contribution in [0.15, 0.2) is 27.0 Å². The Bertz CT molecular complexity index is 494. The second kappa shape index (κ2) is 4.03. The van der Waals surface area contributed by atoms with Crippen LogP contribution in [0.25, 0.3) is 0 Å². The van der Waals surface area contributed by atoms with Gasteiger partial charge in [-0.3, -0.25) is 0 Å². The van der Waals surface area contributed by atoms with Crippen molar-refractivity contribution in [1.82, 2.24) is 15.0 Å². The Morgan fingerprint density at radius 2 is 2.25 bits per heavy atom. The Morgan fingerprint density at radius 1 is 1.38 bits per heavy atom. The van der Waals surface area contributed by atoms with E-state index >= 15 is 0 Å². The number of nitrogens with two attached hydrogens (primary N) is 1. The van der Waals surface area contributed by atoms with Crippen molar-refractivity contribution in [3.63, 3.8) is 0 Å². The third-order valence-corrected chi connectivity index (χ3v) is 4.09. The molecule has 1 fully saturated rings. The Balaban J connectivity index is 1.88. The molecule has 1 aliphatic carbocycles. The molecule has 0 aromatic carbocycles. The van der Waals surface area contributed by atoms with Gasteiger partial charge in [-0.05, 0) is 24.6 Å². The summed E-state index contributed by atoms with van der Waals surface area (Å²) in [6.45, 7) is 0. The predicted molar refractivity (Wildman–Crippen MR) is 64.7 cm³/mol. The zero-order valence-corrected chi connectivity index (χ0v) is 10.1. The van der Waals surface area contributed by atoms with E-state index < -0.39 is 0 Å². The second-order valence-corrected chi connectivity index (χ2v) is 5.83. The largest absolute Gasteiger partial charge is 0.384 e.